The summed E-state index contributed by atoms with van der Waals surface area (Å²) in [7, 11) is 0. The van der Waals surface area contributed by atoms with Crippen molar-refractivity contribution in [3.63, 3.8) is 0 Å². The van der Waals surface area contributed by atoms with E-state index in [0.717, 1.165) is 11.3 Å². The third kappa shape index (κ3) is 1.87. The third-order valence-electron chi connectivity index (χ3n) is 2.68. The highest BCUT2D eigenvalue weighted by Gasteiger charge is 2.28. The molecule has 0 fully saturated rings. The summed E-state index contributed by atoms with van der Waals surface area (Å²) in [6.07, 6.45) is 3.36. The second-order valence-corrected chi connectivity index (χ2v) is 3.85. The Kier molecular flexibility index (Phi) is 2.29. The molecule has 1 atom stereocenters. The topological polar surface area (TPSA) is 67.0 Å². The van der Waals surface area contributed by atoms with Gasteiger partial charge in [0.2, 0.25) is 5.95 Å². The highest BCUT2D eigenvalue weighted by molar-refractivity contribution is 5.93. The molecule has 5 nitrogen and oxygen atoms in total. The molecule has 5 heteroatoms. The molecule has 0 aliphatic carbocycles. The number of imidazole rings is 1. The fourth-order valence-corrected chi connectivity index (χ4v) is 1.86. The van der Waals surface area contributed by atoms with Crippen LogP contribution in [0.1, 0.15) is 5.56 Å². The highest BCUT2D eigenvalue weighted by atomic mass is 16.5. The normalized spacial score (nSPS) is 17.3. The lowest BCUT2D eigenvalue weighted by Crippen LogP contribution is -2.31. The number of benzene rings is 1. The van der Waals surface area contributed by atoms with Crippen molar-refractivity contribution >= 4 is 11.9 Å². The van der Waals surface area contributed by atoms with Crippen molar-refractivity contribution in [3.05, 3.63) is 42.2 Å². The number of anilines is 1. The van der Waals surface area contributed by atoms with Crippen LogP contribution in [0.15, 0.2) is 36.7 Å². The van der Waals surface area contributed by atoms with Gasteiger partial charge in [0.25, 0.3) is 5.91 Å². The van der Waals surface area contributed by atoms with Crippen LogP contribution in [0.5, 0.6) is 5.75 Å². The van der Waals surface area contributed by atoms with Crippen molar-refractivity contribution < 1.29 is 9.53 Å². The van der Waals surface area contributed by atoms with Gasteiger partial charge in [0.1, 0.15) is 5.75 Å². The number of carbonyl (C=O) groups excluding carboxylic acids is 1. The van der Waals surface area contributed by atoms with Gasteiger partial charge in [0.15, 0.2) is 6.10 Å². The molecule has 0 radical (unpaired) electrons. The van der Waals surface area contributed by atoms with Gasteiger partial charge >= 0.3 is 0 Å². The second kappa shape index (κ2) is 3.93. The maximum Gasteiger partial charge on any atom is 0.268 e. The summed E-state index contributed by atoms with van der Waals surface area (Å²) < 4.78 is 5.56. The molecule has 0 saturated heterocycles. The van der Waals surface area contributed by atoms with Crippen LogP contribution in [-0.4, -0.2) is 22.0 Å². The Balaban J connectivity index is 1.70. The zero-order chi connectivity index (χ0) is 11.7. The van der Waals surface area contributed by atoms with Gasteiger partial charge in [0, 0.05) is 18.8 Å². The number of ether oxygens (including phenoxy) is 1. The molecule has 3 rings (SSSR count). The van der Waals surface area contributed by atoms with Crippen LogP contribution in [0.3, 0.4) is 0 Å². The minimum absolute atomic E-state index is 0.184. The van der Waals surface area contributed by atoms with E-state index in [1.165, 1.54) is 0 Å². The molecule has 0 saturated carbocycles. The van der Waals surface area contributed by atoms with E-state index in [2.05, 4.69) is 15.3 Å². The number of aromatic nitrogens is 2. The quantitative estimate of drug-likeness (QED) is 0.816. The first kappa shape index (κ1) is 9.89. The van der Waals surface area contributed by atoms with Crippen LogP contribution in [0.25, 0.3) is 0 Å². The fraction of sp³-hybridized carbons (Fsp3) is 0.167. The number of amides is 1. The number of hydrogen-bond donors (Lipinski definition) is 2. The number of H-pyrrole nitrogens is 1. The van der Waals surface area contributed by atoms with Gasteiger partial charge in [-0.05, 0) is 11.6 Å². The molecule has 1 aliphatic heterocycles. The molecule has 1 aromatic carbocycles. The van der Waals surface area contributed by atoms with Gasteiger partial charge < -0.3 is 9.72 Å². The molecule has 2 N–H and O–H groups in total. The number of carbonyl (C=O) groups is 1. The lowest BCUT2D eigenvalue weighted by atomic mass is 10.1. The second-order valence-electron chi connectivity index (χ2n) is 3.85. The van der Waals surface area contributed by atoms with Gasteiger partial charge in [-0.3, -0.25) is 10.1 Å². The van der Waals surface area contributed by atoms with Crippen LogP contribution < -0.4 is 10.1 Å². The van der Waals surface area contributed by atoms with Gasteiger partial charge in [-0.2, -0.15) is 0 Å². The molecule has 1 unspecified atom stereocenters. The number of nitrogens with zero attached hydrogens (tertiary/aromatic N) is 1. The molecular weight excluding hydrogens is 218 g/mol. The first-order valence-electron chi connectivity index (χ1n) is 5.38. The number of rotatable bonds is 2. The molecule has 86 valence electrons. The Morgan fingerprint density at radius 1 is 1.47 bits per heavy atom. The maximum atomic E-state index is 11.9. The van der Waals surface area contributed by atoms with Crippen LogP contribution in [0.2, 0.25) is 0 Å². The fourth-order valence-electron chi connectivity index (χ4n) is 1.86. The van der Waals surface area contributed by atoms with Crippen molar-refractivity contribution in [1.82, 2.24) is 9.97 Å². The van der Waals surface area contributed by atoms with E-state index in [-0.39, 0.29) is 5.91 Å². The van der Waals surface area contributed by atoms with E-state index in [4.69, 9.17) is 4.74 Å². The molecule has 1 amide bonds. The van der Waals surface area contributed by atoms with Gasteiger partial charge in [-0.1, -0.05) is 18.2 Å². The average molecular weight is 229 g/mol. The molecule has 0 spiro atoms. The first-order chi connectivity index (χ1) is 8.33. The summed E-state index contributed by atoms with van der Waals surface area (Å²) in [6, 6.07) is 7.67. The predicted molar refractivity (Wildman–Crippen MR) is 61.8 cm³/mol. The number of nitrogens with one attached hydrogen (secondary N) is 2. The Hall–Kier alpha value is -2.30. The largest absolute Gasteiger partial charge is 0.480 e. The number of aromatic amines is 1. The summed E-state index contributed by atoms with van der Waals surface area (Å²) in [6.45, 7) is 0. The van der Waals surface area contributed by atoms with Crippen LogP contribution >= 0.6 is 0 Å². The Morgan fingerprint density at radius 3 is 3.12 bits per heavy atom. The summed E-state index contributed by atoms with van der Waals surface area (Å²) >= 11 is 0. The number of fused-ring (bicyclic) bond motifs is 1. The lowest BCUT2D eigenvalue weighted by Gasteiger charge is -2.09. The zero-order valence-corrected chi connectivity index (χ0v) is 9.01. The number of para-hydroxylation sites is 1. The first-order valence-corrected chi connectivity index (χ1v) is 5.38. The Bertz CT molecular complexity index is 511. The van der Waals surface area contributed by atoms with E-state index >= 15 is 0 Å². The van der Waals surface area contributed by atoms with Crippen molar-refractivity contribution in [2.45, 2.75) is 12.5 Å². The lowest BCUT2D eigenvalue weighted by molar-refractivity contribution is -0.122. The summed E-state index contributed by atoms with van der Waals surface area (Å²) in [5, 5.41) is 2.67. The van der Waals surface area contributed by atoms with E-state index in [0.29, 0.717) is 12.4 Å². The van der Waals surface area contributed by atoms with Crippen LogP contribution in [0.4, 0.5) is 5.95 Å². The Labute approximate surface area is 97.8 Å². The maximum absolute atomic E-state index is 11.9. The highest BCUT2D eigenvalue weighted by Crippen LogP contribution is 2.28. The molecule has 2 heterocycles. The van der Waals surface area contributed by atoms with E-state index < -0.39 is 6.10 Å². The third-order valence-corrected chi connectivity index (χ3v) is 2.68. The van der Waals surface area contributed by atoms with Crippen molar-refractivity contribution in [1.29, 1.82) is 0 Å². The van der Waals surface area contributed by atoms with Crippen molar-refractivity contribution in [2.75, 3.05) is 5.32 Å². The van der Waals surface area contributed by atoms with E-state index in [9.17, 15) is 4.79 Å². The molecule has 0 bridgehead atoms. The summed E-state index contributed by atoms with van der Waals surface area (Å²) in [5.74, 6) is 1.04. The van der Waals surface area contributed by atoms with Crippen LogP contribution in [0, 0.1) is 0 Å². The smallest absolute Gasteiger partial charge is 0.268 e. The molecule has 1 aromatic heterocycles. The van der Waals surface area contributed by atoms with Crippen LogP contribution in [-0.2, 0) is 11.2 Å². The minimum atomic E-state index is -0.475. The average Bonchev–Trinajstić information content (AvgIpc) is 2.96. The monoisotopic (exact) mass is 229 g/mol. The number of hydrogen-bond acceptors (Lipinski definition) is 3. The van der Waals surface area contributed by atoms with E-state index in [1.807, 2.05) is 24.3 Å². The minimum Gasteiger partial charge on any atom is -0.480 e. The van der Waals surface area contributed by atoms with Crippen molar-refractivity contribution in [2.24, 2.45) is 0 Å². The van der Waals surface area contributed by atoms with Gasteiger partial charge in [-0.25, -0.2) is 4.98 Å². The van der Waals surface area contributed by atoms with E-state index in [1.54, 1.807) is 12.4 Å². The molecule has 2 aromatic rings. The SMILES string of the molecule is O=C(Nc1ncc[nH]1)C1Cc2ccccc2O1. The molecule has 1 aliphatic rings. The molecular formula is C12H11N3O2. The predicted octanol–water partition coefficient (Wildman–Crippen LogP) is 1.35. The van der Waals surface area contributed by atoms with Gasteiger partial charge in [-0.15, -0.1) is 0 Å². The standard InChI is InChI=1S/C12H11N3O2/c16-11(15-12-13-5-6-14-12)10-7-8-3-1-2-4-9(8)17-10/h1-6,10H,7H2,(H2,13,14,15,16). The zero-order valence-electron chi connectivity index (χ0n) is 9.01. The summed E-state index contributed by atoms with van der Waals surface area (Å²) in [5.41, 5.74) is 1.06. The molecule has 17 heavy (non-hydrogen) atoms. The Morgan fingerprint density at radius 2 is 2.35 bits per heavy atom. The summed E-state index contributed by atoms with van der Waals surface area (Å²) in [4.78, 5) is 18.6. The van der Waals surface area contributed by atoms with Crippen molar-refractivity contribution in [3.8, 4) is 5.75 Å². The van der Waals surface area contributed by atoms with Gasteiger partial charge in [0.05, 0.1) is 0 Å².